The Labute approximate surface area is 195 Å². The number of ether oxygens (including phenoxy) is 1. The van der Waals surface area contributed by atoms with Gasteiger partial charge in [-0.15, -0.1) is 24.0 Å². The molecule has 30 heavy (non-hydrogen) atoms. The maximum atomic E-state index is 12.8. The van der Waals surface area contributed by atoms with Crippen molar-refractivity contribution in [3.05, 3.63) is 22.8 Å². The Kier molecular flexibility index (Phi) is 10.9. The molecular weight excluding hydrogens is 540 g/mol. The number of aliphatic imine (C=N–C) groups is 1. The van der Waals surface area contributed by atoms with Gasteiger partial charge >= 0.3 is 6.18 Å². The molecule has 1 aliphatic heterocycles. The van der Waals surface area contributed by atoms with Gasteiger partial charge in [-0.25, -0.2) is 4.98 Å². The van der Waals surface area contributed by atoms with Crippen molar-refractivity contribution in [3.8, 4) is 0 Å². The third-order valence-corrected chi connectivity index (χ3v) is 4.52. The van der Waals surface area contributed by atoms with E-state index in [2.05, 4.69) is 25.9 Å². The lowest BCUT2D eigenvalue weighted by atomic mass is 10.2. The molecule has 0 radical (unpaired) electrons. The van der Waals surface area contributed by atoms with Crippen LogP contribution in [0.4, 0.5) is 19.0 Å². The highest BCUT2D eigenvalue weighted by Crippen LogP contribution is 2.34. The Morgan fingerprint density at radius 3 is 2.77 bits per heavy atom. The molecule has 1 atom stereocenters. The summed E-state index contributed by atoms with van der Waals surface area (Å²) in [7, 11) is 3.13. The van der Waals surface area contributed by atoms with Crippen molar-refractivity contribution in [3.63, 3.8) is 0 Å². The first-order chi connectivity index (χ1) is 13.7. The van der Waals surface area contributed by atoms with Crippen LogP contribution in [-0.4, -0.2) is 69.8 Å². The minimum Gasteiger partial charge on any atom is -0.383 e. The summed E-state index contributed by atoms with van der Waals surface area (Å²) in [6.45, 7) is 1.95. The number of hydrogen-bond donors (Lipinski definition) is 3. The quantitative estimate of drug-likeness (QED) is 0.203. The lowest BCUT2D eigenvalue weighted by molar-refractivity contribution is -0.137. The number of aromatic nitrogens is 1. The topological polar surface area (TPSA) is 90.9 Å². The van der Waals surface area contributed by atoms with Crippen LogP contribution in [0, 0.1) is 0 Å². The van der Waals surface area contributed by atoms with E-state index in [1.807, 2.05) is 4.90 Å². The summed E-state index contributed by atoms with van der Waals surface area (Å²) in [5, 5.41) is 8.74. The van der Waals surface area contributed by atoms with E-state index >= 15 is 0 Å². The molecule has 1 aliphatic rings. The van der Waals surface area contributed by atoms with Gasteiger partial charge in [0, 0.05) is 46.0 Å². The van der Waals surface area contributed by atoms with Crippen LogP contribution < -0.4 is 20.9 Å². The van der Waals surface area contributed by atoms with Crippen molar-refractivity contribution in [1.29, 1.82) is 0 Å². The summed E-state index contributed by atoms with van der Waals surface area (Å²) in [4.78, 5) is 21.5. The third kappa shape index (κ3) is 7.95. The molecule has 13 heteroatoms. The average Bonchev–Trinajstić information content (AvgIpc) is 3.12. The number of methoxy groups -OCH3 is 1. The smallest absolute Gasteiger partial charge is 0.383 e. The number of carbonyl (C=O) groups is 1. The predicted molar refractivity (Wildman–Crippen MR) is 120 cm³/mol. The first-order valence-electron chi connectivity index (χ1n) is 8.95. The summed E-state index contributed by atoms with van der Waals surface area (Å²) >= 11 is 6.02. The van der Waals surface area contributed by atoms with Gasteiger partial charge in [0.2, 0.25) is 5.91 Å². The van der Waals surface area contributed by atoms with Gasteiger partial charge in [-0.3, -0.25) is 9.79 Å². The number of nitrogens with one attached hydrogen (secondary N) is 3. The number of halogens is 5. The van der Waals surface area contributed by atoms with E-state index in [-0.39, 0.29) is 47.5 Å². The van der Waals surface area contributed by atoms with Gasteiger partial charge < -0.3 is 25.6 Å². The fourth-order valence-electron chi connectivity index (χ4n) is 2.80. The summed E-state index contributed by atoms with van der Waals surface area (Å²) in [5.74, 6) is 0.563. The van der Waals surface area contributed by atoms with E-state index in [0.29, 0.717) is 44.4 Å². The maximum absolute atomic E-state index is 12.8. The van der Waals surface area contributed by atoms with Crippen molar-refractivity contribution in [2.45, 2.75) is 18.6 Å². The third-order valence-electron chi connectivity index (χ3n) is 4.25. The largest absolute Gasteiger partial charge is 0.417 e. The van der Waals surface area contributed by atoms with Crippen LogP contribution in [-0.2, 0) is 15.7 Å². The van der Waals surface area contributed by atoms with Crippen LogP contribution in [0.25, 0.3) is 0 Å². The molecule has 1 saturated heterocycles. The predicted octanol–water partition coefficient (Wildman–Crippen LogP) is 1.88. The van der Waals surface area contributed by atoms with Gasteiger partial charge in [-0.2, -0.15) is 13.2 Å². The summed E-state index contributed by atoms with van der Waals surface area (Å²) in [5.41, 5.74) is -0.881. The second-order valence-corrected chi connectivity index (χ2v) is 6.78. The zero-order valence-corrected chi connectivity index (χ0v) is 19.6. The van der Waals surface area contributed by atoms with E-state index in [4.69, 9.17) is 16.3 Å². The van der Waals surface area contributed by atoms with Gasteiger partial charge in [-0.05, 0) is 12.5 Å². The minimum atomic E-state index is -4.49. The molecule has 0 spiro atoms. The Hall–Kier alpha value is -1.54. The Morgan fingerprint density at radius 1 is 1.43 bits per heavy atom. The lowest BCUT2D eigenvalue weighted by Gasteiger charge is -2.21. The van der Waals surface area contributed by atoms with Crippen LogP contribution in [0.15, 0.2) is 17.3 Å². The first kappa shape index (κ1) is 26.5. The standard InChI is InChI=1S/C17H24ClF3N6O2.HI/c1-22-16(25-9-14(28)23-4-6-29-2)26-12-3-5-27(10-12)15-13(18)7-11(8-24-15)17(19,20)21;/h7-8,12H,3-6,9-10H2,1-2H3,(H,23,28)(H2,22,25,26);1H. The Bertz CT molecular complexity index is 738. The molecule has 170 valence electrons. The molecular formula is C17H25ClF3IN6O2. The molecule has 2 heterocycles. The zero-order valence-electron chi connectivity index (χ0n) is 16.6. The van der Waals surface area contributed by atoms with E-state index in [9.17, 15) is 18.0 Å². The molecule has 0 bridgehead atoms. The normalized spacial score (nSPS) is 16.8. The van der Waals surface area contributed by atoms with Crippen LogP contribution in [0.5, 0.6) is 0 Å². The number of anilines is 1. The van der Waals surface area contributed by atoms with E-state index in [1.165, 1.54) is 0 Å². The van der Waals surface area contributed by atoms with Crippen LogP contribution in [0.2, 0.25) is 5.02 Å². The molecule has 1 unspecified atom stereocenters. The molecule has 2 rings (SSSR count). The number of rotatable bonds is 7. The highest BCUT2D eigenvalue weighted by Gasteiger charge is 2.33. The number of pyridine rings is 1. The number of carbonyl (C=O) groups excluding carboxylic acids is 1. The van der Waals surface area contributed by atoms with Crippen molar-refractivity contribution in [2.24, 2.45) is 4.99 Å². The molecule has 1 amide bonds. The fourth-order valence-corrected chi connectivity index (χ4v) is 3.08. The van der Waals surface area contributed by atoms with Crippen molar-refractivity contribution in [1.82, 2.24) is 20.9 Å². The first-order valence-corrected chi connectivity index (χ1v) is 9.33. The Balaban J connectivity index is 0.00000450. The Morgan fingerprint density at radius 2 is 2.17 bits per heavy atom. The van der Waals surface area contributed by atoms with Gasteiger partial charge in [0.1, 0.15) is 5.82 Å². The molecule has 1 aromatic rings. The molecule has 1 aromatic heterocycles. The van der Waals surface area contributed by atoms with E-state index in [0.717, 1.165) is 12.3 Å². The summed E-state index contributed by atoms with van der Waals surface area (Å²) in [6.07, 6.45) is -3.00. The molecule has 8 nitrogen and oxygen atoms in total. The van der Waals surface area contributed by atoms with Crippen molar-refractivity contribution in [2.75, 3.05) is 51.8 Å². The highest BCUT2D eigenvalue weighted by molar-refractivity contribution is 14.0. The number of hydrogen-bond acceptors (Lipinski definition) is 5. The fraction of sp³-hybridized carbons (Fsp3) is 0.588. The van der Waals surface area contributed by atoms with Crippen molar-refractivity contribution < 1.29 is 22.7 Å². The van der Waals surface area contributed by atoms with Gasteiger partial charge in [0.05, 0.1) is 23.7 Å². The second-order valence-electron chi connectivity index (χ2n) is 6.37. The zero-order chi connectivity index (χ0) is 21.4. The number of guanidine groups is 1. The second kappa shape index (κ2) is 12.3. The van der Waals surface area contributed by atoms with Crippen molar-refractivity contribution >= 4 is 53.3 Å². The minimum absolute atomic E-state index is 0. The average molecular weight is 565 g/mol. The van der Waals surface area contributed by atoms with E-state index in [1.54, 1.807) is 14.2 Å². The number of alkyl halides is 3. The number of amides is 1. The van der Waals surface area contributed by atoms with Crippen LogP contribution in [0.3, 0.4) is 0 Å². The van der Waals surface area contributed by atoms with Crippen LogP contribution >= 0.6 is 35.6 Å². The molecule has 0 saturated carbocycles. The summed E-state index contributed by atoms with van der Waals surface area (Å²) in [6, 6.07) is 0.853. The monoisotopic (exact) mass is 564 g/mol. The SMILES string of the molecule is CN=C(NCC(=O)NCCOC)NC1CCN(c2ncc(C(F)(F)F)cc2Cl)C1.I. The molecule has 0 aliphatic carbocycles. The molecule has 0 aromatic carbocycles. The maximum Gasteiger partial charge on any atom is 0.417 e. The summed E-state index contributed by atoms with van der Waals surface area (Å²) < 4.78 is 43.1. The molecule has 3 N–H and O–H groups in total. The van der Waals surface area contributed by atoms with Crippen LogP contribution in [0.1, 0.15) is 12.0 Å². The van der Waals surface area contributed by atoms with E-state index < -0.39 is 11.7 Å². The van der Waals surface area contributed by atoms with Gasteiger partial charge in [0.25, 0.3) is 0 Å². The molecule has 1 fully saturated rings. The van der Waals surface area contributed by atoms with Gasteiger partial charge in [-0.1, -0.05) is 11.6 Å². The highest BCUT2D eigenvalue weighted by atomic mass is 127. The van der Waals surface area contributed by atoms with Gasteiger partial charge in [0.15, 0.2) is 5.96 Å². The lowest BCUT2D eigenvalue weighted by Crippen LogP contribution is -2.47. The number of nitrogens with zero attached hydrogens (tertiary/aromatic N) is 3.